The predicted molar refractivity (Wildman–Crippen MR) is 90.9 cm³/mol. The van der Waals surface area contributed by atoms with Gasteiger partial charge >= 0.3 is 0 Å². The number of rotatable bonds is 6. The molecule has 6 heteroatoms. The van der Waals surface area contributed by atoms with E-state index in [0.717, 1.165) is 10.5 Å². The van der Waals surface area contributed by atoms with Crippen LogP contribution in [-0.2, 0) is 11.3 Å². The van der Waals surface area contributed by atoms with Crippen LogP contribution in [0.5, 0.6) is 0 Å². The molecule has 0 fully saturated rings. The Balaban J connectivity index is 1.56. The molecule has 3 aromatic rings. The van der Waals surface area contributed by atoms with Crippen molar-refractivity contribution in [2.75, 3.05) is 5.75 Å². The number of halogens is 1. The number of hydrogen-bond acceptors (Lipinski definition) is 4. The first-order valence-electron chi connectivity index (χ1n) is 7.35. The number of carbonyl (C=O) groups is 1. The maximum absolute atomic E-state index is 12.8. The molecule has 2 aromatic heterocycles. The minimum atomic E-state index is -0.286. The molecule has 0 radical (unpaired) electrons. The van der Waals surface area contributed by atoms with E-state index >= 15 is 0 Å². The minimum Gasteiger partial charge on any atom is -0.463 e. The lowest BCUT2D eigenvalue weighted by Gasteiger charge is -2.08. The van der Waals surface area contributed by atoms with Gasteiger partial charge in [0, 0.05) is 23.2 Å². The van der Waals surface area contributed by atoms with E-state index in [1.165, 1.54) is 23.9 Å². The molecule has 24 heavy (non-hydrogen) atoms. The molecule has 1 amide bonds. The molecule has 1 aromatic carbocycles. The number of carbonyl (C=O) groups excluding carboxylic acids is 1. The summed E-state index contributed by atoms with van der Waals surface area (Å²) >= 11 is 1.36. The SMILES string of the molecule is O=C(CSc1ccc(F)cc1)NCc1cccnc1-c1ccco1. The number of nitrogens with one attached hydrogen (secondary N) is 1. The van der Waals surface area contributed by atoms with E-state index in [1.807, 2.05) is 18.2 Å². The summed E-state index contributed by atoms with van der Waals surface area (Å²) in [4.78, 5) is 17.2. The van der Waals surface area contributed by atoms with Gasteiger partial charge in [0.1, 0.15) is 11.5 Å². The van der Waals surface area contributed by atoms with Crippen LogP contribution < -0.4 is 5.32 Å². The first-order valence-corrected chi connectivity index (χ1v) is 8.34. The number of benzene rings is 1. The second-order valence-corrected chi connectivity index (χ2v) is 6.06. The average Bonchev–Trinajstić information content (AvgIpc) is 3.14. The lowest BCUT2D eigenvalue weighted by atomic mass is 10.1. The van der Waals surface area contributed by atoms with Crippen LogP contribution in [0, 0.1) is 5.82 Å². The lowest BCUT2D eigenvalue weighted by molar-refractivity contribution is -0.118. The Morgan fingerprint density at radius 1 is 1.17 bits per heavy atom. The van der Waals surface area contributed by atoms with E-state index in [9.17, 15) is 9.18 Å². The Labute approximate surface area is 143 Å². The van der Waals surface area contributed by atoms with Crippen LogP contribution in [0.25, 0.3) is 11.5 Å². The Kier molecular flexibility index (Phi) is 5.28. The number of furan rings is 1. The highest BCUT2D eigenvalue weighted by Crippen LogP contribution is 2.21. The number of pyridine rings is 1. The summed E-state index contributed by atoms with van der Waals surface area (Å²) < 4.78 is 18.2. The molecule has 0 saturated carbocycles. The molecule has 0 aliphatic heterocycles. The van der Waals surface area contributed by atoms with Gasteiger partial charge < -0.3 is 9.73 Å². The molecule has 0 unspecified atom stereocenters. The van der Waals surface area contributed by atoms with E-state index < -0.39 is 0 Å². The third-order valence-electron chi connectivity index (χ3n) is 3.31. The fraction of sp³-hybridized carbons (Fsp3) is 0.111. The second kappa shape index (κ2) is 7.79. The smallest absolute Gasteiger partial charge is 0.230 e. The number of nitrogens with zero attached hydrogens (tertiary/aromatic N) is 1. The van der Waals surface area contributed by atoms with Crippen molar-refractivity contribution >= 4 is 17.7 Å². The fourth-order valence-corrected chi connectivity index (χ4v) is 2.87. The van der Waals surface area contributed by atoms with Crippen molar-refractivity contribution in [1.82, 2.24) is 10.3 Å². The van der Waals surface area contributed by atoms with Crippen LogP contribution in [0.2, 0.25) is 0 Å². The van der Waals surface area contributed by atoms with Gasteiger partial charge in [0.2, 0.25) is 5.91 Å². The summed E-state index contributed by atoms with van der Waals surface area (Å²) in [6, 6.07) is 13.4. The Morgan fingerprint density at radius 3 is 2.75 bits per heavy atom. The highest BCUT2D eigenvalue weighted by Gasteiger charge is 2.10. The zero-order valence-electron chi connectivity index (χ0n) is 12.7. The topological polar surface area (TPSA) is 55.1 Å². The summed E-state index contributed by atoms with van der Waals surface area (Å²) in [5.74, 6) is 0.548. The van der Waals surface area contributed by atoms with Crippen molar-refractivity contribution in [2.45, 2.75) is 11.4 Å². The van der Waals surface area contributed by atoms with Crippen molar-refractivity contribution < 1.29 is 13.6 Å². The van der Waals surface area contributed by atoms with Gasteiger partial charge in [0.15, 0.2) is 5.76 Å². The van der Waals surface area contributed by atoms with E-state index in [-0.39, 0.29) is 17.5 Å². The summed E-state index contributed by atoms with van der Waals surface area (Å²) in [5.41, 5.74) is 1.60. The molecule has 3 rings (SSSR count). The lowest BCUT2D eigenvalue weighted by Crippen LogP contribution is -2.24. The molecule has 1 N–H and O–H groups in total. The third-order valence-corrected chi connectivity index (χ3v) is 4.32. The summed E-state index contributed by atoms with van der Waals surface area (Å²) in [5, 5.41) is 2.87. The highest BCUT2D eigenvalue weighted by molar-refractivity contribution is 8.00. The Bertz CT molecular complexity index is 804. The Morgan fingerprint density at radius 2 is 2.00 bits per heavy atom. The molecular weight excluding hydrogens is 327 g/mol. The monoisotopic (exact) mass is 342 g/mol. The first-order chi connectivity index (χ1) is 11.7. The van der Waals surface area contributed by atoms with Crippen molar-refractivity contribution in [1.29, 1.82) is 0 Å². The molecule has 0 spiro atoms. The summed E-state index contributed by atoms with van der Waals surface area (Å²) in [7, 11) is 0. The zero-order chi connectivity index (χ0) is 16.8. The largest absolute Gasteiger partial charge is 0.463 e. The van der Waals surface area contributed by atoms with Crippen LogP contribution in [0.4, 0.5) is 4.39 Å². The molecule has 0 atom stereocenters. The maximum atomic E-state index is 12.8. The molecule has 0 aliphatic carbocycles. The average molecular weight is 342 g/mol. The van der Waals surface area contributed by atoms with Gasteiger partial charge in [-0.1, -0.05) is 6.07 Å². The second-order valence-electron chi connectivity index (χ2n) is 5.01. The zero-order valence-corrected chi connectivity index (χ0v) is 13.6. The predicted octanol–water partition coefficient (Wildman–Crippen LogP) is 3.89. The van der Waals surface area contributed by atoms with Crippen molar-refractivity contribution in [2.24, 2.45) is 0 Å². The quantitative estimate of drug-likeness (QED) is 0.691. The van der Waals surface area contributed by atoms with Crippen LogP contribution in [0.15, 0.2) is 70.3 Å². The van der Waals surface area contributed by atoms with Gasteiger partial charge in [-0.2, -0.15) is 0 Å². The molecular formula is C18H15FN2O2S. The minimum absolute atomic E-state index is 0.0985. The molecule has 122 valence electrons. The van der Waals surface area contributed by atoms with Crippen molar-refractivity contribution in [3.63, 3.8) is 0 Å². The molecule has 4 nitrogen and oxygen atoms in total. The number of amides is 1. The van der Waals surface area contributed by atoms with Gasteiger partial charge in [-0.25, -0.2) is 4.39 Å². The normalized spacial score (nSPS) is 10.5. The standard InChI is InChI=1S/C18H15FN2O2S/c19-14-5-7-15(8-6-14)24-12-17(22)21-11-13-3-1-9-20-18(13)16-4-2-10-23-16/h1-10H,11-12H2,(H,21,22). The summed E-state index contributed by atoms with van der Waals surface area (Å²) in [6.45, 7) is 0.368. The number of hydrogen-bond donors (Lipinski definition) is 1. The van der Waals surface area contributed by atoms with E-state index in [2.05, 4.69) is 10.3 Å². The number of thioether (sulfide) groups is 1. The van der Waals surface area contributed by atoms with Crippen molar-refractivity contribution in [3.05, 3.63) is 72.4 Å². The summed E-state index contributed by atoms with van der Waals surface area (Å²) in [6.07, 6.45) is 3.28. The van der Waals surface area contributed by atoms with Gasteiger partial charge in [0.05, 0.1) is 12.0 Å². The maximum Gasteiger partial charge on any atom is 0.230 e. The van der Waals surface area contributed by atoms with Gasteiger partial charge in [0.25, 0.3) is 0 Å². The van der Waals surface area contributed by atoms with Gasteiger partial charge in [-0.3, -0.25) is 9.78 Å². The van der Waals surface area contributed by atoms with Gasteiger partial charge in [-0.15, -0.1) is 11.8 Å². The van der Waals surface area contributed by atoms with Crippen molar-refractivity contribution in [3.8, 4) is 11.5 Å². The van der Waals surface area contributed by atoms with E-state index in [0.29, 0.717) is 18.0 Å². The molecule has 0 saturated heterocycles. The Hall–Kier alpha value is -2.60. The highest BCUT2D eigenvalue weighted by atomic mass is 32.2. The van der Waals surface area contributed by atoms with E-state index in [1.54, 1.807) is 30.7 Å². The van der Waals surface area contributed by atoms with Crippen LogP contribution in [0.3, 0.4) is 0 Å². The van der Waals surface area contributed by atoms with Crippen LogP contribution in [0.1, 0.15) is 5.56 Å². The van der Waals surface area contributed by atoms with Crippen LogP contribution >= 0.6 is 11.8 Å². The van der Waals surface area contributed by atoms with E-state index in [4.69, 9.17) is 4.42 Å². The van der Waals surface area contributed by atoms with Crippen LogP contribution in [-0.4, -0.2) is 16.6 Å². The number of aromatic nitrogens is 1. The molecule has 2 heterocycles. The molecule has 0 bridgehead atoms. The van der Waals surface area contributed by atoms with Gasteiger partial charge in [-0.05, 0) is 42.5 Å². The fourth-order valence-electron chi connectivity index (χ4n) is 2.14. The first kappa shape index (κ1) is 16.3. The third kappa shape index (κ3) is 4.23. The molecule has 0 aliphatic rings.